The summed E-state index contributed by atoms with van der Waals surface area (Å²) < 4.78 is 5.55. The van der Waals surface area contributed by atoms with E-state index in [-0.39, 0.29) is 6.61 Å². The number of nitrogens with zero attached hydrogens (tertiary/aromatic N) is 1. The van der Waals surface area contributed by atoms with Gasteiger partial charge in [-0.2, -0.15) is 0 Å². The van der Waals surface area contributed by atoms with Crippen LogP contribution in [0.15, 0.2) is 34.9 Å². The zero-order valence-electron chi connectivity index (χ0n) is 8.69. The Morgan fingerprint density at radius 1 is 1.31 bits per heavy atom. The molecule has 3 nitrogen and oxygen atoms in total. The molecule has 2 aromatic rings. The van der Waals surface area contributed by atoms with E-state index in [9.17, 15) is 0 Å². The highest BCUT2D eigenvalue weighted by atomic mass is 35.5. The Balaban J connectivity index is 2.22. The van der Waals surface area contributed by atoms with E-state index in [4.69, 9.17) is 21.1 Å². The average Bonchev–Trinajstić information content (AvgIpc) is 2.75. The van der Waals surface area contributed by atoms with Crippen LogP contribution in [-0.4, -0.2) is 16.7 Å². The molecule has 0 fully saturated rings. The van der Waals surface area contributed by atoms with Gasteiger partial charge in [0.25, 0.3) is 0 Å². The van der Waals surface area contributed by atoms with Crippen molar-refractivity contribution in [2.75, 3.05) is 6.61 Å². The molecule has 0 spiro atoms. The summed E-state index contributed by atoms with van der Waals surface area (Å²) in [6.07, 6.45) is 2.96. The van der Waals surface area contributed by atoms with Crippen molar-refractivity contribution in [2.24, 2.45) is 0 Å². The molecule has 0 aliphatic rings. The topological polar surface area (TPSA) is 46.3 Å². The van der Waals surface area contributed by atoms with Crippen LogP contribution in [-0.2, 0) is 6.42 Å². The summed E-state index contributed by atoms with van der Waals surface area (Å²) in [5, 5.41) is 9.35. The first kappa shape index (κ1) is 11.2. The number of halogens is 1. The van der Waals surface area contributed by atoms with Gasteiger partial charge in [-0.3, -0.25) is 0 Å². The van der Waals surface area contributed by atoms with Crippen molar-refractivity contribution in [1.82, 2.24) is 4.98 Å². The first-order chi connectivity index (χ1) is 7.81. The fourth-order valence-corrected chi connectivity index (χ4v) is 1.67. The van der Waals surface area contributed by atoms with Crippen molar-refractivity contribution >= 4 is 11.6 Å². The second-order valence-corrected chi connectivity index (χ2v) is 3.83. The number of hydrogen-bond acceptors (Lipinski definition) is 3. The molecule has 16 heavy (non-hydrogen) atoms. The standard InChI is InChI=1S/C12H12ClNO2/c13-10-5-2-1-4-9(10)11-8-14-12(16-11)6-3-7-15/h1-2,4-5,8,15H,3,6-7H2. The molecular formula is C12H12ClNO2. The molecule has 0 unspecified atom stereocenters. The lowest BCUT2D eigenvalue weighted by Crippen LogP contribution is -1.88. The number of aryl methyl sites for hydroxylation is 1. The summed E-state index contributed by atoms with van der Waals surface area (Å²) in [5.41, 5.74) is 0.840. The molecule has 0 amide bonds. The Hall–Kier alpha value is -1.32. The van der Waals surface area contributed by atoms with Crippen molar-refractivity contribution in [3.05, 3.63) is 41.4 Å². The number of oxazole rings is 1. The zero-order chi connectivity index (χ0) is 11.4. The normalized spacial score (nSPS) is 10.6. The van der Waals surface area contributed by atoms with Gasteiger partial charge in [-0.05, 0) is 18.6 Å². The predicted octanol–water partition coefficient (Wildman–Crippen LogP) is 2.92. The molecule has 0 saturated carbocycles. The van der Waals surface area contributed by atoms with E-state index in [2.05, 4.69) is 4.98 Å². The third-order valence-electron chi connectivity index (χ3n) is 2.24. The number of rotatable bonds is 4. The minimum atomic E-state index is 0.143. The fourth-order valence-electron chi connectivity index (χ4n) is 1.44. The highest BCUT2D eigenvalue weighted by Crippen LogP contribution is 2.28. The minimum Gasteiger partial charge on any atom is -0.441 e. The largest absolute Gasteiger partial charge is 0.441 e. The van der Waals surface area contributed by atoms with Crippen molar-refractivity contribution in [3.63, 3.8) is 0 Å². The molecule has 1 N–H and O–H groups in total. The lowest BCUT2D eigenvalue weighted by molar-refractivity contribution is 0.283. The van der Waals surface area contributed by atoms with Crippen molar-refractivity contribution < 1.29 is 9.52 Å². The Bertz CT molecular complexity index is 468. The van der Waals surface area contributed by atoms with Crippen molar-refractivity contribution in [3.8, 4) is 11.3 Å². The lowest BCUT2D eigenvalue weighted by atomic mass is 10.2. The van der Waals surface area contributed by atoms with Gasteiger partial charge < -0.3 is 9.52 Å². The van der Waals surface area contributed by atoms with Crippen molar-refractivity contribution in [1.29, 1.82) is 0 Å². The molecule has 1 heterocycles. The molecule has 4 heteroatoms. The van der Waals surface area contributed by atoms with Gasteiger partial charge in [0.2, 0.25) is 0 Å². The van der Waals surface area contributed by atoms with Crippen molar-refractivity contribution in [2.45, 2.75) is 12.8 Å². The highest BCUT2D eigenvalue weighted by molar-refractivity contribution is 6.33. The van der Waals surface area contributed by atoms with Gasteiger partial charge in [0.1, 0.15) is 0 Å². The number of hydrogen-bond donors (Lipinski definition) is 1. The molecular weight excluding hydrogens is 226 g/mol. The van der Waals surface area contributed by atoms with E-state index >= 15 is 0 Å². The number of aliphatic hydroxyl groups is 1. The van der Waals surface area contributed by atoms with Gasteiger partial charge in [-0.1, -0.05) is 23.7 Å². The van der Waals surface area contributed by atoms with Gasteiger partial charge >= 0.3 is 0 Å². The first-order valence-electron chi connectivity index (χ1n) is 5.11. The first-order valence-corrected chi connectivity index (χ1v) is 5.49. The molecule has 1 aromatic carbocycles. The van der Waals surface area contributed by atoms with E-state index in [1.165, 1.54) is 0 Å². The van der Waals surface area contributed by atoms with Crippen LogP contribution in [0.3, 0.4) is 0 Å². The van der Waals surface area contributed by atoms with E-state index in [0.29, 0.717) is 29.5 Å². The van der Waals surface area contributed by atoms with E-state index in [1.807, 2.05) is 24.3 Å². The van der Waals surface area contributed by atoms with Crippen LogP contribution in [0, 0.1) is 0 Å². The number of aromatic nitrogens is 1. The van der Waals surface area contributed by atoms with Crippen LogP contribution in [0.4, 0.5) is 0 Å². The van der Waals surface area contributed by atoms with Crippen LogP contribution >= 0.6 is 11.6 Å². The van der Waals surface area contributed by atoms with Crippen LogP contribution in [0.1, 0.15) is 12.3 Å². The highest BCUT2D eigenvalue weighted by Gasteiger charge is 2.08. The third-order valence-corrected chi connectivity index (χ3v) is 2.57. The molecule has 2 rings (SSSR count). The van der Waals surface area contributed by atoms with Gasteiger partial charge in [-0.15, -0.1) is 0 Å². The summed E-state index contributed by atoms with van der Waals surface area (Å²) >= 11 is 6.04. The Morgan fingerprint density at radius 2 is 2.12 bits per heavy atom. The van der Waals surface area contributed by atoms with E-state index in [1.54, 1.807) is 6.20 Å². The Kier molecular flexibility index (Phi) is 3.59. The van der Waals surface area contributed by atoms with Crippen LogP contribution < -0.4 is 0 Å². The monoisotopic (exact) mass is 237 g/mol. The Morgan fingerprint density at radius 3 is 2.88 bits per heavy atom. The maximum atomic E-state index is 8.70. The summed E-state index contributed by atoms with van der Waals surface area (Å²) in [4.78, 5) is 4.13. The predicted molar refractivity (Wildman–Crippen MR) is 62.4 cm³/mol. The van der Waals surface area contributed by atoms with Crippen LogP contribution in [0.2, 0.25) is 5.02 Å². The van der Waals surface area contributed by atoms with Gasteiger partial charge in [0.15, 0.2) is 11.7 Å². The summed E-state index contributed by atoms with van der Waals surface area (Å²) in [7, 11) is 0. The smallest absolute Gasteiger partial charge is 0.194 e. The average molecular weight is 238 g/mol. The quantitative estimate of drug-likeness (QED) is 0.889. The fraction of sp³-hybridized carbons (Fsp3) is 0.250. The molecule has 0 aliphatic heterocycles. The molecule has 0 bridgehead atoms. The number of benzene rings is 1. The molecule has 1 aromatic heterocycles. The van der Waals surface area contributed by atoms with Gasteiger partial charge in [0, 0.05) is 18.6 Å². The third kappa shape index (κ3) is 2.43. The summed E-state index contributed by atoms with van der Waals surface area (Å²) in [6, 6.07) is 7.47. The molecule has 0 aliphatic carbocycles. The molecule has 84 valence electrons. The maximum Gasteiger partial charge on any atom is 0.194 e. The number of aliphatic hydroxyl groups excluding tert-OH is 1. The lowest BCUT2D eigenvalue weighted by Gasteiger charge is -1.98. The van der Waals surface area contributed by atoms with Crippen LogP contribution in [0.5, 0.6) is 0 Å². The second kappa shape index (κ2) is 5.14. The summed E-state index contributed by atoms with van der Waals surface area (Å²) in [6.45, 7) is 0.143. The summed E-state index contributed by atoms with van der Waals surface area (Å²) in [5.74, 6) is 1.29. The molecule has 0 saturated heterocycles. The minimum absolute atomic E-state index is 0.143. The SMILES string of the molecule is OCCCc1ncc(-c2ccccc2Cl)o1. The van der Waals surface area contributed by atoms with Crippen LogP contribution in [0.25, 0.3) is 11.3 Å². The van der Waals surface area contributed by atoms with Gasteiger partial charge in [-0.25, -0.2) is 4.98 Å². The Labute approximate surface area is 98.7 Å². The van der Waals surface area contributed by atoms with E-state index < -0.39 is 0 Å². The molecule has 0 radical (unpaired) electrons. The van der Waals surface area contributed by atoms with Gasteiger partial charge in [0.05, 0.1) is 11.2 Å². The maximum absolute atomic E-state index is 8.70. The second-order valence-electron chi connectivity index (χ2n) is 3.43. The van der Waals surface area contributed by atoms with E-state index in [0.717, 1.165) is 5.56 Å². The zero-order valence-corrected chi connectivity index (χ0v) is 9.44. The molecule has 0 atom stereocenters.